The highest BCUT2D eigenvalue weighted by Gasteiger charge is 2.45. The average molecular weight is 535 g/mol. The van der Waals surface area contributed by atoms with Crippen LogP contribution in [-0.2, 0) is 9.53 Å². The van der Waals surface area contributed by atoms with Crippen molar-refractivity contribution in [2.24, 2.45) is 5.73 Å². The number of ether oxygens (including phenoxy) is 1. The molecule has 0 aliphatic carbocycles. The highest BCUT2D eigenvalue weighted by molar-refractivity contribution is 7.21. The third-order valence-electron chi connectivity index (χ3n) is 7.09. The number of anilines is 1. The van der Waals surface area contributed by atoms with Crippen molar-refractivity contribution in [1.29, 1.82) is 0 Å². The largest absolute Gasteiger partial charge is 0.378 e. The lowest BCUT2D eigenvalue weighted by Crippen LogP contribution is -2.43. The molecule has 2 amide bonds. The van der Waals surface area contributed by atoms with Gasteiger partial charge in [-0.15, -0.1) is 11.3 Å². The Morgan fingerprint density at radius 2 is 1.95 bits per heavy atom. The molecule has 2 saturated heterocycles. The summed E-state index contributed by atoms with van der Waals surface area (Å²) in [7, 11) is 0. The number of carbonyl (C=O) groups is 2. The predicted octanol–water partition coefficient (Wildman–Crippen LogP) is 3.33. The number of rotatable bonds is 5. The van der Waals surface area contributed by atoms with Gasteiger partial charge in [-0.3, -0.25) is 9.59 Å². The van der Waals surface area contributed by atoms with E-state index < -0.39 is 11.6 Å². The Labute approximate surface area is 222 Å². The van der Waals surface area contributed by atoms with E-state index in [-0.39, 0.29) is 25.4 Å². The lowest BCUT2D eigenvalue weighted by atomic mass is 10.1. The van der Waals surface area contributed by atoms with Gasteiger partial charge in [0.25, 0.3) is 11.8 Å². The van der Waals surface area contributed by atoms with Crippen LogP contribution in [0.25, 0.3) is 27.3 Å². The van der Waals surface area contributed by atoms with Crippen molar-refractivity contribution >= 4 is 39.1 Å². The number of fused-ring (bicyclic) bond motifs is 1. The number of primary amides is 1. The van der Waals surface area contributed by atoms with Crippen LogP contribution in [-0.4, -0.2) is 76.5 Å². The number of aromatic nitrogens is 3. The fraction of sp³-hybridized carbons (Fsp3) is 0.333. The average Bonchev–Trinajstić information content (AvgIpc) is 3.67. The highest BCUT2D eigenvalue weighted by Crippen LogP contribution is 2.37. The van der Waals surface area contributed by atoms with E-state index in [0.29, 0.717) is 42.5 Å². The minimum Gasteiger partial charge on any atom is -0.378 e. The number of alkyl halides is 1. The van der Waals surface area contributed by atoms with Crippen LogP contribution < -0.4 is 10.6 Å². The van der Waals surface area contributed by atoms with Crippen LogP contribution in [0, 0.1) is 6.92 Å². The molecule has 6 rings (SSSR count). The maximum Gasteiger partial charge on any atom is 0.264 e. The summed E-state index contributed by atoms with van der Waals surface area (Å²) in [5, 5.41) is 4.78. The molecule has 196 valence electrons. The molecular weight excluding hydrogens is 507 g/mol. The first-order chi connectivity index (χ1) is 18.3. The van der Waals surface area contributed by atoms with E-state index in [9.17, 15) is 14.0 Å². The lowest BCUT2D eigenvalue weighted by Gasteiger charge is -2.29. The number of nitrogens with zero attached hydrogens (tertiary/aromatic N) is 5. The second-order valence-corrected chi connectivity index (χ2v) is 10.8. The summed E-state index contributed by atoms with van der Waals surface area (Å²) in [5.74, 6) is -0.731. The number of hydrogen-bond acceptors (Lipinski definition) is 7. The van der Waals surface area contributed by atoms with Gasteiger partial charge in [-0.05, 0) is 25.1 Å². The number of morpholine rings is 1. The maximum atomic E-state index is 14.8. The molecule has 38 heavy (non-hydrogen) atoms. The normalized spacial score (nSPS) is 19.8. The molecule has 1 aromatic carbocycles. The number of amides is 2. The Hall–Kier alpha value is -3.83. The maximum absolute atomic E-state index is 14.8. The van der Waals surface area contributed by atoms with E-state index in [1.807, 2.05) is 43.5 Å². The van der Waals surface area contributed by atoms with Crippen molar-refractivity contribution in [2.75, 3.05) is 44.3 Å². The van der Waals surface area contributed by atoms with Crippen molar-refractivity contribution in [3.05, 3.63) is 59.1 Å². The molecule has 2 aliphatic rings. The van der Waals surface area contributed by atoms with E-state index in [2.05, 4.69) is 11.0 Å². The SMILES string of the molecule is Cc1cccc(-c2ccn(-c3cc(N4CCOCC4)c4sc(C(=O)N5CCC(F)(C(N)=O)C5)cc4n3)n2)c1. The molecule has 2 aliphatic heterocycles. The van der Waals surface area contributed by atoms with Crippen LogP contribution in [0.3, 0.4) is 0 Å². The van der Waals surface area contributed by atoms with Crippen LogP contribution in [0.15, 0.2) is 48.7 Å². The Kier molecular flexibility index (Phi) is 6.11. The molecule has 2 fully saturated rings. The fourth-order valence-electron chi connectivity index (χ4n) is 4.97. The molecular formula is C27H27FN6O3S. The monoisotopic (exact) mass is 534 g/mol. The molecule has 2 N–H and O–H groups in total. The van der Waals surface area contributed by atoms with E-state index in [4.69, 9.17) is 20.6 Å². The van der Waals surface area contributed by atoms with E-state index in [1.165, 1.54) is 16.2 Å². The van der Waals surface area contributed by atoms with Gasteiger partial charge in [0, 0.05) is 43.9 Å². The number of aryl methyl sites for hydroxylation is 1. The molecule has 0 bridgehead atoms. The van der Waals surface area contributed by atoms with E-state index in [1.54, 1.807) is 10.7 Å². The lowest BCUT2D eigenvalue weighted by molar-refractivity contribution is -0.128. The molecule has 5 heterocycles. The minimum atomic E-state index is -2.19. The number of pyridine rings is 1. The van der Waals surface area contributed by atoms with Gasteiger partial charge in [0.2, 0.25) is 5.67 Å². The summed E-state index contributed by atoms with van der Waals surface area (Å²) in [6.45, 7) is 4.48. The third-order valence-corrected chi connectivity index (χ3v) is 8.23. The smallest absolute Gasteiger partial charge is 0.264 e. The van der Waals surface area contributed by atoms with E-state index in [0.717, 1.165) is 27.2 Å². The van der Waals surface area contributed by atoms with E-state index >= 15 is 0 Å². The van der Waals surface area contributed by atoms with Crippen molar-refractivity contribution in [2.45, 2.75) is 19.0 Å². The van der Waals surface area contributed by atoms with Crippen molar-refractivity contribution < 1.29 is 18.7 Å². The van der Waals surface area contributed by atoms with Gasteiger partial charge < -0.3 is 20.3 Å². The summed E-state index contributed by atoms with van der Waals surface area (Å²) in [4.78, 5) is 33.7. The standard InChI is InChI=1S/C27H27FN6O3S/c1-17-3-2-4-18(13-17)19-5-7-34(31-19)23-15-21(32-9-11-37-12-10-32)24-20(30-23)14-22(38-24)25(35)33-8-6-27(28,16-33)26(29)36/h2-5,7,13-15H,6,8-12,16H2,1H3,(H2,29,36). The van der Waals surface area contributed by atoms with Crippen LogP contribution in [0.5, 0.6) is 0 Å². The number of thiophene rings is 1. The molecule has 4 aromatic rings. The number of halogens is 1. The summed E-state index contributed by atoms with van der Waals surface area (Å²) >= 11 is 1.32. The first-order valence-corrected chi connectivity index (χ1v) is 13.3. The number of carbonyl (C=O) groups excluding carboxylic acids is 2. The number of nitrogens with two attached hydrogens (primary N) is 1. The number of likely N-dealkylation sites (tertiary alicyclic amines) is 1. The molecule has 1 atom stereocenters. The second kappa shape index (κ2) is 9.48. The molecule has 3 aromatic heterocycles. The summed E-state index contributed by atoms with van der Waals surface area (Å²) < 4.78 is 22.9. The van der Waals surface area contributed by atoms with Crippen molar-refractivity contribution in [3.63, 3.8) is 0 Å². The predicted molar refractivity (Wildman–Crippen MR) is 144 cm³/mol. The Bertz CT molecular complexity index is 1540. The van der Waals surface area contributed by atoms with Crippen LogP contribution in [0.2, 0.25) is 0 Å². The van der Waals surface area contributed by atoms with Crippen LogP contribution >= 0.6 is 11.3 Å². The summed E-state index contributed by atoms with van der Waals surface area (Å²) in [6.07, 6.45) is 1.78. The van der Waals surface area contributed by atoms with Gasteiger partial charge >= 0.3 is 0 Å². The third kappa shape index (κ3) is 4.41. The van der Waals surface area contributed by atoms with Crippen LogP contribution in [0.4, 0.5) is 10.1 Å². The zero-order valence-corrected chi connectivity index (χ0v) is 21.7. The molecule has 0 spiro atoms. The Balaban J connectivity index is 1.38. The molecule has 1 unspecified atom stereocenters. The van der Waals surface area contributed by atoms with Crippen LogP contribution in [0.1, 0.15) is 21.7 Å². The number of hydrogen-bond donors (Lipinski definition) is 1. The molecule has 0 saturated carbocycles. The first-order valence-electron chi connectivity index (χ1n) is 12.5. The van der Waals surface area contributed by atoms with Gasteiger partial charge in [-0.2, -0.15) is 5.10 Å². The Morgan fingerprint density at radius 3 is 2.68 bits per heavy atom. The Morgan fingerprint density at radius 1 is 1.13 bits per heavy atom. The quantitative estimate of drug-likeness (QED) is 0.421. The van der Waals surface area contributed by atoms with Gasteiger partial charge in [-0.25, -0.2) is 14.1 Å². The fourth-order valence-corrected chi connectivity index (χ4v) is 6.08. The molecule has 9 nitrogen and oxygen atoms in total. The van der Waals surface area contributed by atoms with Gasteiger partial charge in [0.05, 0.1) is 46.2 Å². The van der Waals surface area contributed by atoms with Crippen molar-refractivity contribution in [3.8, 4) is 17.1 Å². The molecule has 11 heteroatoms. The zero-order chi connectivity index (χ0) is 26.4. The summed E-state index contributed by atoms with van der Waals surface area (Å²) in [5.41, 5.74) is 7.66. The topological polar surface area (TPSA) is 107 Å². The van der Waals surface area contributed by atoms with Gasteiger partial charge in [0.15, 0.2) is 5.82 Å². The molecule has 0 radical (unpaired) electrons. The second-order valence-electron chi connectivity index (χ2n) is 9.75. The first kappa shape index (κ1) is 24.5. The number of benzene rings is 1. The summed E-state index contributed by atoms with van der Waals surface area (Å²) in [6, 6.07) is 13.8. The minimum absolute atomic E-state index is 0.0943. The zero-order valence-electron chi connectivity index (χ0n) is 20.9. The van der Waals surface area contributed by atoms with Gasteiger partial charge in [-0.1, -0.05) is 23.8 Å². The highest BCUT2D eigenvalue weighted by atomic mass is 32.1. The van der Waals surface area contributed by atoms with Gasteiger partial charge in [0.1, 0.15) is 0 Å². The van der Waals surface area contributed by atoms with Crippen molar-refractivity contribution in [1.82, 2.24) is 19.7 Å².